The van der Waals surface area contributed by atoms with Crippen LogP contribution in [0.25, 0.3) is 22.1 Å². The first-order valence-corrected chi connectivity index (χ1v) is 13.9. The molecule has 1 aliphatic rings. The fourth-order valence-corrected chi connectivity index (χ4v) is 6.32. The van der Waals surface area contributed by atoms with Crippen molar-refractivity contribution < 1.29 is 13.9 Å². The molecule has 1 unspecified atom stereocenters. The molecular formula is C38H28O4. The third-order valence-electron chi connectivity index (χ3n) is 8.18. The Balaban J connectivity index is 1.73. The van der Waals surface area contributed by atoms with Gasteiger partial charge in [0, 0.05) is 5.57 Å². The van der Waals surface area contributed by atoms with Crippen molar-refractivity contribution in [3.63, 3.8) is 0 Å². The number of rotatable bonds is 6. The molecule has 1 heterocycles. The Labute approximate surface area is 244 Å². The fourth-order valence-electron chi connectivity index (χ4n) is 6.32. The largest absolute Gasteiger partial charge is 0.497 e. The molecule has 0 bridgehead atoms. The third kappa shape index (κ3) is 3.80. The van der Waals surface area contributed by atoms with E-state index in [1.165, 1.54) is 0 Å². The molecule has 0 saturated heterocycles. The number of methoxy groups -OCH3 is 2. The quantitative estimate of drug-likeness (QED) is 0.211. The van der Waals surface area contributed by atoms with Gasteiger partial charge in [-0.3, -0.25) is 4.79 Å². The van der Waals surface area contributed by atoms with E-state index in [0.29, 0.717) is 22.3 Å². The topological polar surface area (TPSA) is 48.7 Å². The predicted octanol–water partition coefficient (Wildman–Crippen LogP) is 8.12. The van der Waals surface area contributed by atoms with Crippen molar-refractivity contribution in [1.82, 2.24) is 0 Å². The van der Waals surface area contributed by atoms with Crippen LogP contribution in [-0.4, -0.2) is 14.2 Å². The molecule has 4 heteroatoms. The molecule has 5 aromatic carbocycles. The van der Waals surface area contributed by atoms with Gasteiger partial charge in [0.2, 0.25) is 5.43 Å². The van der Waals surface area contributed by atoms with Crippen LogP contribution in [0.2, 0.25) is 0 Å². The average Bonchev–Trinajstić information content (AvgIpc) is 3.37. The minimum Gasteiger partial charge on any atom is -0.497 e. The van der Waals surface area contributed by atoms with Crippen LogP contribution in [-0.2, 0) is 5.41 Å². The first-order valence-electron chi connectivity index (χ1n) is 13.9. The van der Waals surface area contributed by atoms with Gasteiger partial charge in [-0.05, 0) is 64.2 Å². The highest BCUT2D eigenvalue weighted by Gasteiger charge is 2.52. The molecule has 0 fully saturated rings. The highest BCUT2D eigenvalue weighted by Crippen LogP contribution is 2.59. The second-order valence-corrected chi connectivity index (χ2v) is 10.3. The molecule has 1 atom stereocenters. The molecule has 0 N–H and O–H groups in total. The lowest BCUT2D eigenvalue weighted by Gasteiger charge is -2.34. The van der Waals surface area contributed by atoms with E-state index in [0.717, 1.165) is 44.9 Å². The summed E-state index contributed by atoms with van der Waals surface area (Å²) in [5.41, 5.74) is 5.82. The number of ether oxygens (including phenoxy) is 2. The van der Waals surface area contributed by atoms with Crippen molar-refractivity contribution in [3.05, 3.63) is 177 Å². The van der Waals surface area contributed by atoms with Gasteiger partial charge in [0.05, 0.1) is 25.2 Å². The van der Waals surface area contributed by atoms with Crippen molar-refractivity contribution in [1.29, 1.82) is 0 Å². The normalized spacial score (nSPS) is 16.0. The molecule has 0 saturated carbocycles. The molecule has 0 amide bonds. The standard InChI is InChI=1S/C38H28O4/c1-40-29-21-17-25(18-22-29)33-34-36(39)31-15-9-10-16-32(31)42-37(34)38(27-13-7-4-8-14-27,28-19-23-30(41-2)24-20-28)35(33)26-11-5-3-6-12-26/h3-24H,1-2H3. The lowest BCUT2D eigenvalue weighted by Crippen LogP contribution is -2.30. The minimum atomic E-state index is -0.942. The zero-order valence-corrected chi connectivity index (χ0v) is 23.3. The van der Waals surface area contributed by atoms with Crippen LogP contribution in [0.3, 0.4) is 0 Å². The van der Waals surface area contributed by atoms with Crippen LogP contribution in [0.1, 0.15) is 33.6 Å². The third-order valence-corrected chi connectivity index (χ3v) is 8.18. The summed E-state index contributed by atoms with van der Waals surface area (Å²) in [6.45, 7) is 0. The molecule has 7 rings (SSSR count). The molecular weight excluding hydrogens is 520 g/mol. The molecule has 4 nitrogen and oxygen atoms in total. The Morgan fingerprint density at radius 2 is 1.12 bits per heavy atom. The minimum absolute atomic E-state index is 0.0579. The summed E-state index contributed by atoms with van der Waals surface area (Å²) < 4.78 is 17.9. The van der Waals surface area contributed by atoms with Crippen molar-refractivity contribution in [2.75, 3.05) is 14.2 Å². The molecule has 1 aliphatic carbocycles. The van der Waals surface area contributed by atoms with Crippen molar-refractivity contribution >= 4 is 22.1 Å². The number of fused-ring (bicyclic) bond motifs is 2. The van der Waals surface area contributed by atoms with Gasteiger partial charge < -0.3 is 13.9 Å². The Morgan fingerprint density at radius 3 is 1.76 bits per heavy atom. The smallest absolute Gasteiger partial charge is 0.200 e. The van der Waals surface area contributed by atoms with Gasteiger partial charge in [-0.25, -0.2) is 0 Å². The van der Waals surface area contributed by atoms with E-state index >= 15 is 0 Å². The molecule has 6 aromatic rings. The number of hydrogen-bond acceptors (Lipinski definition) is 4. The summed E-state index contributed by atoms with van der Waals surface area (Å²) >= 11 is 0. The number of hydrogen-bond donors (Lipinski definition) is 0. The maximum Gasteiger partial charge on any atom is 0.200 e. The number of allylic oxidation sites excluding steroid dienone is 1. The van der Waals surface area contributed by atoms with Crippen LogP contribution in [0.4, 0.5) is 0 Å². The first kappa shape index (κ1) is 25.6. The van der Waals surface area contributed by atoms with E-state index in [1.807, 2.05) is 97.1 Å². The molecule has 204 valence electrons. The SMILES string of the molecule is COc1ccc(C2=C(c3ccccc3)C(c3ccccc3)(c3ccc(OC)cc3)c3oc4ccccc4c(=O)c32)cc1. The van der Waals surface area contributed by atoms with E-state index < -0.39 is 5.41 Å². The summed E-state index contributed by atoms with van der Waals surface area (Å²) in [7, 11) is 3.31. The van der Waals surface area contributed by atoms with Gasteiger partial charge >= 0.3 is 0 Å². The van der Waals surface area contributed by atoms with Gasteiger partial charge in [-0.2, -0.15) is 0 Å². The highest BCUT2D eigenvalue weighted by atomic mass is 16.5. The van der Waals surface area contributed by atoms with E-state index in [9.17, 15) is 4.79 Å². The zero-order chi connectivity index (χ0) is 28.7. The molecule has 0 spiro atoms. The maximum atomic E-state index is 14.6. The summed E-state index contributed by atoms with van der Waals surface area (Å²) in [5.74, 6) is 2.10. The Kier molecular flexibility index (Phi) is 6.24. The second-order valence-electron chi connectivity index (χ2n) is 10.3. The monoisotopic (exact) mass is 548 g/mol. The Hall–Kier alpha value is -5.35. The lowest BCUT2D eigenvalue weighted by molar-refractivity contribution is 0.414. The van der Waals surface area contributed by atoms with E-state index in [4.69, 9.17) is 13.9 Å². The zero-order valence-electron chi connectivity index (χ0n) is 23.3. The van der Waals surface area contributed by atoms with Gasteiger partial charge in [0.15, 0.2) is 0 Å². The molecule has 0 radical (unpaired) electrons. The van der Waals surface area contributed by atoms with Gasteiger partial charge in [0.1, 0.15) is 28.3 Å². The molecule has 42 heavy (non-hydrogen) atoms. The van der Waals surface area contributed by atoms with Crippen molar-refractivity contribution in [3.8, 4) is 11.5 Å². The van der Waals surface area contributed by atoms with Crippen LogP contribution in [0.15, 0.2) is 143 Å². The average molecular weight is 549 g/mol. The van der Waals surface area contributed by atoms with Crippen LogP contribution in [0.5, 0.6) is 11.5 Å². The summed E-state index contributed by atoms with van der Waals surface area (Å²) in [6.07, 6.45) is 0. The predicted molar refractivity (Wildman–Crippen MR) is 167 cm³/mol. The fraction of sp³-hybridized carbons (Fsp3) is 0.0789. The van der Waals surface area contributed by atoms with Gasteiger partial charge in [0.25, 0.3) is 0 Å². The highest BCUT2D eigenvalue weighted by molar-refractivity contribution is 6.11. The second kappa shape index (κ2) is 10.2. The van der Waals surface area contributed by atoms with Crippen molar-refractivity contribution in [2.24, 2.45) is 0 Å². The van der Waals surface area contributed by atoms with Crippen LogP contribution < -0.4 is 14.9 Å². The molecule has 0 aliphatic heterocycles. The van der Waals surface area contributed by atoms with Crippen molar-refractivity contribution in [2.45, 2.75) is 5.41 Å². The Bertz CT molecular complexity index is 1990. The first-order chi connectivity index (χ1) is 20.7. The summed E-state index contributed by atoms with van der Waals surface area (Å²) in [5, 5.41) is 0.549. The van der Waals surface area contributed by atoms with Crippen LogP contribution >= 0.6 is 0 Å². The van der Waals surface area contributed by atoms with E-state index in [1.54, 1.807) is 14.2 Å². The number of benzene rings is 5. The summed E-state index contributed by atoms with van der Waals surface area (Å²) in [4.78, 5) is 14.6. The van der Waals surface area contributed by atoms with Gasteiger partial charge in [-0.1, -0.05) is 97.1 Å². The van der Waals surface area contributed by atoms with E-state index in [2.05, 4.69) is 36.4 Å². The summed E-state index contributed by atoms with van der Waals surface area (Å²) in [6, 6.07) is 44.1. The van der Waals surface area contributed by atoms with E-state index in [-0.39, 0.29) is 5.43 Å². The number of para-hydroxylation sites is 1. The Morgan fingerprint density at radius 1 is 0.571 bits per heavy atom. The molecule has 1 aromatic heterocycles. The van der Waals surface area contributed by atoms with Gasteiger partial charge in [-0.15, -0.1) is 0 Å². The maximum absolute atomic E-state index is 14.6. The lowest BCUT2D eigenvalue weighted by atomic mass is 9.67. The van der Waals surface area contributed by atoms with Crippen LogP contribution in [0, 0.1) is 0 Å².